The molecule has 0 fully saturated rings. The Morgan fingerprint density at radius 1 is 1.47 bits per heavy atom. The van der Waals surface area contributed by atoms with Crippen LogP contribution >= 0.6 is 15.9 Å². The molecular formula is C8H7BrF4N2. The number of halogens is 5. The zero-order valence-electron chi connectivity index (χ0n) is 7.35. The highest BCUT2D eigenvalue weighted by atomic mass is 79.9. The second-order valence-electron chi connectivity index (χ2n) is 2.95. The molecule has 0 saturated carbocycles. The molecule has 0 bridgehead atoms. The van der Waals surface area contributed by atoms with Crippen molar-refractivity contribution in [2.24, 2.45) is 5.73 Å². The van der Waals surface area contributed by atoms with Crippen LogP contribution in [0.5, 0.6) is 0 Å². The molecule has 0 aliphatic heterocycles. The summed E-state index contributed by atoms with van der Waals surface area (Å²) in [6.45, 7) is 0. The van der Waals surface area contributed by atoms with Gasteiger partial charge in [-0.1, -0.05) is 0 Å². The number of hydrogen-bond acceptors (Lipinski definition) is 2. The Labute approximate surface area is 91.6 Å². The molecule has 2 nitrogen and oxygen atoms in total. The van der Waals surface area contributed by atoms with Crippen LogP contribution in [0.3, 0.4) is 0 Å². The Bertz CT molecular complexity index is 353. The van der Waals surface area contributed by atoms with E-state index < -0.39 is 24.5 Å². The molecular weight excluding hydrogens is 280 g/mol. The first-order chi connectivity index (χ1) is 6.79. The van der Waals surface area contributed by atoms with Crippen LogP contribution in [0.15, 0.2) is 16.7 Å². The van der Waals surface area contributed by atoms with Gasteiger partial charge in [0.05, 0.1) is 18.2 Å². The SMILES string of the molecule is N[C@@H](CC(F)(F)F)c1ncc(Br)cc1F. The van der Waals surface area contributed by atoms with Gasteiger partial charge in [0.2, 0.25) is 0 Å². The Hall–Kier alpha value is -0.690. The minimum absolute atomic E-state index is 0.350. The second-order valence-corrected chi connectivity index (χ2v) is 3.86. The van der Waals surface area contributed by atoms with Gasteiger partial charge in [0.25, 0.3) is 0 Å². The van der Waals surface area contributed by atoms with E-state index in [1.165, 1.54) is 6.20 Å². The summed E-state index contributed by atoms with van der Waals surface area (Å²) in [5, 5.41) is 0. The normalized spacial score (nSPS) is 14.0. The van der Waals surface area contributed by atoms with Gasteiger partial charge in [-0.2, -0.15) is 13.2 Å². The van der Waals surface area contributed by atoms with E-state index in [0.717, 1.165) is 6.07 Å². The molecule has 0 amide bonds. The van der Waals surface area contributed by atoms with Crippen LogP contribution in [-0.4, -0.2) is 11.2 Å². The fourth-order valence-corrected chi connectivity index (χ4v) is 1.35. The van der Waals surface area contributed by atoms with Crippen molar-refractivity contribution in [2.45, 2.75) is 18.6 Å². The van der Waals surface area contributed by atoms with Gasteiger partial charge in [-0.05, 0) is 22.0 Å². The summed E-state index contributed by atoms with van der Waals surface area (Å²) >= 11 is 2.94. The number of hydrogen-bond donors (Lipinski definition) is 1. The average Bonchev–Trinajstić information content (AvgIpc) is 1.99. The van der Waals surface area contributed by atoms with Crippen LogP contribution in [0.25, 0.3) is 0 Å². The average molecular weight is 287 g/mol. The molecule has 7 heteroatoms. The molecule has 0 saturated heterocycles. The summed E-state index contributed by atoms with van der Waals surface area (Å²) in [4.78, 5) is 3.52. The number of nitrogens with zero attached hydrogens (tertiary/aromatic N) is 1. The van der Waals surface area contributed by atoms with E-state index in [4.69, 9.17) is 5.73 Å². The van der Waals surface area contributed by atoms with Crippen LogP contribution in [0.1, 0.15) is 18.2 Å². The van der Waals surface area contributed by atoms with Crippen LogP contribution in [0, 0.1) is 5.82 Å². The van der Waals surface area contributed by atoms with Gasteiger partial charge in [-0.25, -0.2) is 4.39 Å². The Morgan fingerprint density at radius 3 is 2.53 bits per heavy atom. The minimum Gasteiger partial charge on any atom is -0.322 e. The third kappa shape index (κ3) is 3.75. The highest BCUT2D eigenvalue weighted by Gasteiger charge is 2.32. The molecule has 1 aromatic heterocycles. The van der Waals surface area contributed by atoms with E-state index >= 15 is 0 Å². The highest BCUT2D eigenvalue weighted by molar-refractivity contribution is 9.10. The maximum absolute atomic E-state index is 13.1. The topological polar surface area (TPSA) is 38.9 Å². The second kappa shape index (κ2) is 4.44. The number of pyridine rings is 1. The number of aromatic nitrogens is 1. The predicted molar refractivity (Wildman–Crippen MR) is 49.5 cm³/mol. The summed E-state index contributed by atoms with van der Waals surface area (Å²) in [5.41, 5.74) is 4.82. The molecule has 15 heavy (non-hydrogen) atoms. The predicted octanol–water partition coefficient (Wildman–Crippen LogP) is 2.94. The number of alkyl halides is 3. The lowest BCUT2D eigenvalue weighted by molar-refractivity contribution is -0.138. The van der Waals surface area contributed by atoms with Crippen molar-refractivity contribution in [3.8, 4) is 0 Å². The van der Waals surface area contributed by atoms with Gasteiger partial charge in [0.1, 0.15) is 5.82 Å². The summed E-state index contributed by atoms with van der Waals surface area (Å²) in [6.07, 6.45) is -4.52. The van der Waals surface area contributed by atoms with Crippen LogP contribution in [0.4, 0.5) is 17.6 Å². The maximum Gasteiger partial charge on any atom is 0.390 e. The van der Waals surface area contributed by atoms with Crippen LogP contribution in [-0.2, 0) is 0 Å². The van der Waals surface area contributed by atoms with Crippen molar-refractivity contribution in [3.05, 3.63) is 28.2 Å². The number of rotatable bonds is 2. The van der Waals surface area contributed by atoms with Crippen molar-refractivity contribution >= 4 is 15.9 Å². The molecule has 1 rings (SSSR count). The molecule has 0 aliphatic rings. The minimum atomic E-state index is -4.43. The molecule has 0 radical (unpaired) electrons. The quantitative estimate of drug-likeness (QED) is 0.849. The van der Waals surface area contributed by atoms with E-state index in [9.17, 15) is 17.6 Å². The third-order valence-corrected chi connectivity index (χ3v) is 2.07. The van der Waals surface area contributed by atoms with Crippen molar-refractivity contribution in [1.29, 1.82) is 0 Å². The molecule has 2 N–H and O–H groups in total. The fraction of sp³-hybridized carbons (Fsp3) is 0.375. The van der Waals surface area contributed by atoms with E-state index in [1.54, 1.807) is 0 Å². The van der Waals surface area contributed by atoms with E-state index in [2.05, 4.69) is 20.9 Å². The molecule has 1 atom stereocenters. The summed E-state index contributed by atoms with van der Waals surface area (Å²) in [7, 11) is 0. The maximum atomic E-state index is 13.1. The first-order valence-corrected chi connectivity index (χ1v) is 4.72. The molecule has 0 aliphatic carbocycles. The number of nitrogens with two attached hydrogens (primary N) is 1. The van der Waals surface area contributed by atoms with Crippen LogP contribution in [0.2, 0.25) is 0 Å². The first kappa shape index (κ1) is 12.4. The molecule has 1 aromatic rings. The third-order valence-electron chi connectivity index (χ3n) is 1.64. The van der Waals surface area contributed by atoms with Gasteiger partial charge in [0, 0.05) is 10.7 Å². The van der Waals surface area contributed by atoms with Gasteiger partial charge in [-0.3, -0.25) is 4.98 Å². The first-order valence-electron chi connectivity index (χ1n) is 3.93. The molecule has 0 spiro atoms. The Kier molecular flexibility index (Phi) is 3.67. The monoisotopic (exact) mass is 286 g/mol. The van der Waals surface area contributed by atoms with E-state index in [0.29, 0.717) is 4.47 Å². The van der Waals surface area contributed by atoms with Gasteiger partial charge < -0.3 is 5.73 Å². The highest BCUT2D eigenvalue weighted by Crippen LogP contribution is 2.28. The van der Waals surface area contributed by atoms with Gasteiger partial charge in [-0.15, -0.1) is 0 Å². The van der Waals surface area contributed by atoms with Crippen molar-refractivity contribution in [3.63, 3.8) is 0 Å². The van der Waals surface area contributed by atoms with Crippen molar-refractivity contribution in [1.82, 2.24) is 4.98 Å². The van der Waals surface area contributed by atoms with Crippen LogP contribution < -0.4 is 5.73 Å². The molecule has 0 unspecified atom stereocenters. The Morgan fingerprint density at radius 2 is 2.07 bits per heavy atom. The summed E-state index contributed by atoms with van der Waals surface area (Å²) < 4.78 is 49.4. The van der Waals surface area contributed by atoms with E-state index in [1.807, 2.05) is 0 Å². The standard InChI is InChI=1S/C8H7BrF4N2/c9-4-1-5(10)7(15-3-4)6(14)2-8(11,12)13/h1,3,6H,2,14H2/t6-/m0/s1. The van der Waals surface area contributed by atoms with Gasteiger partial charge in [0.15, 0.2) is 0 Å². The molecule has 84 valence electrons. The molecule has 1 heterocycles. The lowest BCUT2D eigenvalue weighted by Gasteiger charge is -2.14. The zero-order chi connectivity index (χ0) is 11.6. The lowest BCUT2D eigenvalue weighted by Crippen LogP contribution is -2.22. The zero-order valence-corrected chi connectivity index (χ0v) is 8.94. The van der Waals surface area contributed by atoms with Crippen molar-refractivity contribution < 1.29 is 17.6 Å². The van der Waals surface area contributed by atoms with Gasteiger partial charge >= 0.3 is 6.18 Å². The largest absolute Gasteiger partial charge is 0.390 e. The summed E-state index contributed by atoms with van der Waals surface area (Å²) in [6, 6.07) is -0.448. The smallest absolute Gasteiger partial charge is 0.322 e. The van der Waals surface area contributed by atoms with E-state index in [-0.39, 0.29) is 5.69 Å². The fourth-order valence-electron chi connectivity index (χ4n) is 1.04. The lowest BCUT2D eigenvalue weighted by atomic mass is 10.1. The van der Waals surface area contributed by atoms with Crippen molar-refractivity contribution in [2.75, 3.05) is 0 Å². The Balaban J connectivity index is 2.87. The molecule has 0 aromatic carbocycles. The summed E-state index contributed by atoms with van der Waals surface area (Å²) in [5.74, 6) is -0.846.